The lowest BCUT2D eigenvalue weighted by Crippen LogP contribution is -2.25. The quantitative estimate of drug-likeness (QED) is 0.442. The Hall–Kier alpha value is 0.560. The molecule has 1 heterocycles. The third kappa shape index (κ3) is 5.30. The number of thiophene rings is 1. The van der Waals surface area contributed by atoms with Crippen LogP contribution in [-0.2, 0) is 0 Å². The SMILES string of the molecule is CCCP(CCC)c1c(C)sc(C)c1P(CCC)CCC. The zero-order valence-corrected chi connectivity index (χ0v) is 17.6. The van der Waals surface area contributed by atoms with Crippen LogP contribution in [0.5, 0.6) is 0 Å². The minimum Gasteiger partial charge on any atom is -0.145 e. The molecule has 0 spiro atoms. The number of aryl methyl sites for hydroxylation is 2. The van der Waals surface area contributed by atoms with Crippen LogP contribution < -0.4 is 10.6 Å². The predicted molar refractivity (Wildman–Crippen MR) is 108 cm³/mol. The molecule has 21 heavy (non-hydrogen) atoms. The first kappa shape index (κ1) is 19.6. The van der Waals surface area contributed by atoms with Gasteiger partial charge in [-0.05, 0) is 49.1 Å². The van der Waals surface area contributed by atoms with Crippen molar-refractivity contribution in [2.45, 2.75) is 67.2 Å². The molecular formula is C18H34P2S. The van der Waals surface area contributed by atoms with Crippen LogP contribution in [0.1, 0.15) is 63.1 Å². The summed E-state index contributed by atoms with van der Waals surface area (Å²) in [5, 5.41) is 3.70. The summed E-state index contributed by atoms with van der Waals surface area (Å²) in [5.41, 5.74) is 0. The fourth-order valence-corrected chi connectivity index (χ4v) is 11.4. The molecule has 1 aromatic heterocycles. The van der Waals surface area contributed by atoms with Gasteiger partial charge in [0, 0.05) is 9.75 Å². The Morgan fingerprint density at radius 1 is 0.619 bits per heavy atom. The highest BCUT2D eigenvalue weighted by molar-refractivity contribution is 7.73. The number of hydrogen-bond acceptors (Lipinski definition) is 1. The molecule has 0 nitrogen and oxygen atoms in total. The van der Waals surface area contributed by atoms with Gasteiger partial charge in [-0.25, -0.2) is 0 Å². The van der Waals surface area contributed by atoms with E-state index >= 15 is 0 Å². The van der Waals surface area contributed by atoms with Crippen molar-refractivity contribution in [2.75, 3.05) is 24.6 Å². The molecule has 0 aromatic carbocycles. The third-order valence-electron chi connectivity index (χ3n) is 3.80. The first-order chi connectivity index (χ1) is 10.1. The van der Waals surface area contributed by atoms with E-state index in [0.717, 1.165) is 0 Å². The molecule has 0 atom stereocenters. The van der Waals surface area contributed by atoms with Crippen molar-refractivity contribution in [3.05, 3.63) is 9.75 Å². The van der Waals surface area contributed by atoms with Crippen molar-refractivity contribution in [2.24, 2.45) is 0 Å². The predicted octanol–water partition coefficient (Wildman–Crippen LogP) is 6.22. The van der Waals surface area contributed by atoms with Crippen molar-refractivity contribution in [1.82, 2.24) is 0 Å². The standard InChI is InChI=1S/C18H34P2S/c1-7-11-19(12-8-2)17-15(5)21-16(6)18(17)20(13-9-3)14-10-4/h7-14H2,1-6H3. The van der Waals surface area contributed by atoms with E-state index in [2.05, 4.69) is 52.9 Å². The first-order valence-corrected chi connectivity index (χ1v) is 12.9. The molecule has 3 heteroatoms. The fourth-order valence-electron chi connectivity index (χ4n) is 3.16. The van der Waals surface area contributed by atoms with Crippen LogP contribution in [0.25, 0.3) is 0 Å². The van der Waals surface area contributed by atoms with Gasteiger partial charge in [0.25, 0.3) is 0 Å². The second-order valence-electron chi connectivity index (χ2n) is 5.89. The van der Waals surface area contributed by atoms with Crippen molar-refractivity contribution < 1.29 is 0 Å². The molecule has 0 saturated carbocycles. The topological polar surface area (TPSA) is 0 Å². The minimum atomic E-state index is 0.0960. The molecule has 0 aliphatic rings. The van der Waals surface area contributed by atoms with Gasteiger partial charge in [-0.2, -0.15) is 0 Å². The Labute approximate surface area is 139 Å². The fraction of sp³-hybridized carbons (Fsp3) is 0.778. The van der Waals surface area contributed by atoms with Crippen LogP contribution in [-0.4, -0.2) is 24.6 Å². The Kier molecular flexibility index (Phi) is 9.67. The van der Waals surface area contributed by atoms with E-state index in [-0.39, 0.29) is 15.8 Å². The van der Waals surface area contributed by atoms with E-state index in [4.69, 9.17) is 0 Å². The highest BCUT2D eigenvalue weighted by Gasteiger charge is 2.25. The lowest BCUT2D eigenvalue weighted by molar-refractivity contribution is 1.06. The molecule has 0 aliphatic carbocycles. The summed E-state index contributed by atoms with van der Waals surface area (Å²) in [7, 11) is 0.192. The zero-order chi connectivity index (χ0) is 15.8. The Morgan fingerprint density at radius 2 is 0.905 bits per heavy atom. The second kappa shape index (κ2) is 10.4. The summed E-state index contributed by atoms with van der Waals surface area (Å²) in [6.07, 6.45) is 11.1. The lowest BCUT2D eigenvalue weighted by Gasteiger charge is -2.24. The summed E-state index contributed by atoms with van der Waals surface area (Å²) >= 11 is 2.09. The normalized spacial score (nSPS) is 11.8. The monoisotopic (exact) mass is 344 g/mol. The highest BCUT2D eigenvalue weighted by atomic mass is 32.1. The van der Waals surface area contributed by atoms with Crippen LogP contribution in [0.15, 0.2) is 0 Å². The maximum Gasteiger partial charge on any atom is 0.0100 e. The van der Waals surface area contributed by atoms with Crippen molar-refractivity contribution in [3.8, 4) is 0 Å². The summed E-state index contributed by atoms with van der Waals surface area (Å²) in [4.78, 5) is 3.30. The van der Waals surface area contributed by atoms with E-state index in [1.807, 2.05) is 10.6 Å². The van der Waals surface area contributed by atoms with Gasteiger partial charge in [0.2, 0.25) is 0 Å². The largest absolute Gasteiger partial charge is 0.145 e. The molecular weight excluding hydrogens is 310 g/mol. The Balaban J connectivity index is 3.22. The average Bonchev–Trinajstić information content (AvgIpc) is 2.73. The molecule has 0 N–H and O–H groups in total. The molecule has 122 valence electrons. The van der Waals surface area contributed by atoms with E-state index in [1.54, 1.807) is 9.75 Å². The molecule has 0 unspecified atom stereocenters. The molecule has 0 bridgehead atoms. The molecule has 0 saturated heterocycles. The minimum absolute atomic E-state index is 0.0960. The van der Waals surface area contributed by atoms with Crippen LogP contribution in [0, 0.1) is 13.8 Å². The molecule has 1 rings (SSSR count). The van der Waals surface area contributed by atoms with Gasteiger partial charge in [-0.15, -0.1) is 11.3 Å². The van der Waals surface area contributed by atoms with Crippen molar-refractivity contribution in [3.63, 3.8) is 0 Å². The van der Waals surface area contributed by atoms with Crippen LogP contribution in [0.2, 0.25) is 0 Å². The van der Waals surface area contributed by atoms with Crippen molar-refractivity contribution in [1.29, 1.82) is 0 Å². The summed E-state index contributed by atoms with van der Waals surface area (Å²) in [6, 6.07) is 0. The first-order valence-electron chi connectivity index (χ1n) is 8.70. The zero-order valence-electron chi connectivity index (χ0n) is 15.0. The van der Waals surface area contributed by atoms with E-state index in [0.29, 0.717) is 0 Å². The van der Waals surface area contributed by atoms with E-state index in [1.165, 1.54) is 50.3 Å². The average molecular weight is 344 g/mol. The Bertz CT molecular complexity index is 363. The van der Waals surface area contributed by atoms with Crippen LogP contribution >= 0.6 is 27.2 Å². The smallest absolute Gasteiger partial charge is 0.0100 e. The van der Waals surface area contributed by atoms with E-state index in [9.17, 15) is 0 Å². The maximum atomic E-state index is 2.39. The molecule has 0 fully saturated rings. The summed E-state index contributed by atoms with van der Waals surface area (Å²) < 4.78 is 0. The van der Waals surface area contributed by atoms with Gasteiger partial charge in [0.1, 0.15) is 0 Å². The van der Waals surface area contributed by atoms with E-state index < -0.39 is 0 Å². The maximum absolute atomic E-state index is 2.39. The Morgan fingerprint density at radius 3 is 1.14 bits per heavy atom. The van der Waals surface area contributed by atoms with Gasteiger partial charge >= 0.3 is 0 Å². The number of rotatable bonds is 10. The third-order valence-corrected chi connectivity index (χ3v) is 11.6. The van der Waals surface area contributed by atoms with Crippen molar-refractivity contribution >= 4 is 37.8 Å². The van der Waals surface area contributed by atoms with Crippen LogP contribution in [0.3, 0.4) is 0 Å². The second-order valence-corrected chi connectivity index (χ2v) is 12.2. The molecule has 1 aromatic rings. The molecule has 0 amide bonds. The van der Waals surface area contributed by atoms with Gasteiger partial charge in [0.15, 0.2) is 0 Å². The van der Waals surface area contributed by atoms with Gasteiger partial charge in [0.05, 0.1) is 0 Å². The molecule has 0 aliphatic heterocycles. The molecule has 0 radical (unpaired) electrons. The highest BCUT2D eigenvalue weighted by Crippen LogP contribution is 2.45. The number of hydrogen-bond donors (Lipinski definition) is 0. The van der Waals surface area contributed by atoms with Gasteiger partial charge in [-0.1, -0.05) is 69.2 Å². The van der Waals surface area contributed by atoms with Gasteiger partial charge < -0.3 is 0 Å². The van der Waals surface area contributed by atoms with Gasteiger partial charge in [-0.3, -0.25) is 0 Å². The summed E-state index contributed by atoms with van der Waals surface area (Å²) in [6.45, 7) is 14.2. The van der Waals surface area contributed by atoms with Crippen LogP contribution in [0.4, 0.5) is 0 Å². The lowest BCUT2D eigenvalue weighted by atomic mass is 10.4. The summed E-state index contributed by atoms with van der Waals surface area (Å²) in [5.74, 6) is 0.